The largest absolute Gasteiger partial charge is 0.389 e. The van der Waals surface area contributed by atoms with Crippen LogP contribution in [-0.2, 0) is 0 Å². The van der Waals surface area contributed by atoms with Gasteiger partial charge in [0, 0.05) is 19.1 Å². The van der Waals surface area contributed by atoms with Gasteiger partial charge in [-0.1, -0.05) is 19.3 Å². The SMILES string of the molecule is NCC1(O)CCCN(C2CCCCC2)CC1. The Morgan fingerprint density at radius 3 is 2.50 bits per heavy atom. The van der Waals surface area contributed by atoms with E-state index in [9.17, 15) is 5.11 Å². The van der Waals surface area contributed by atoms with Crippen molar-refractivity contribution in [3.63, 3.8) is 0 Å². The predicted octanol–water partition coefficient (Wildman–Crippen LogP) is 1.49. The van der Waals surface area contributed by atoms with Crippen LogP contribution in [0.15, 0.2) is 0 Å². The molecular weight excluding hydrogens is 200 g/mol. The highest BCUT2D eigenvalue weighted by Crippen LogP contribution is 2.27. The summed E-state index contributed by atoms with van der Waals surface area (Å²) >= 11 is 0. The third kappa shape index (κ3) is 2.96. The standard InChI is InChI=1S/C13H26N2O/c14-11-13(16)7-4-9-15(10-8-13)12-5-2-1-3-6-12/h12,16H,1-11,14H2. The predicted molar refractivity (Wildman–Crippen MR) is 66.3 cm³/mol. The summed E-state index contributed by atoms with van der Waals surface area (Å²) < 4.78 is 0. The normalized spacial score (nSPS) is 34.9. The number of hydrogen-bond acceptors (Lipinski definition) is 3. The van der Waals surface area contributed by atoms with Crippen LogP contribution in [0.3, 0.4) is 0 Å². The minimum atomic E-state index is -0.580. The van der Waals surface area contributed by atoms with Crippen LogP contribution in [0.4, 0.5) is 0 Å². The summed E-state index contributed by atoms with van der Waals surface area (Å²) in [5.41, 5.74) is 5.08. The van der Waals surface area contributed by atoms with Gasteiger partial charge in [-0.2, -0.15) is 0 Å². The molecule has 1 aliphatic heterocycles. The van der Waals surface area contributed by atoms with E-state index in [2.05, 4.69) is 4.90 Å². The van der Waals surface area contributed by atoms with Crippen molar-refractivity contribution in [2.45, 2.75) is 63.0 Å². The highest BCUT2D eigenvalue weighted by atomic mass is 16.3. The van der Waals surface area contributed by atoms with Crippen molar-refractivity contribution in [3.8, 4) is 0 Å². The van der Waals surface area contributed by atoms with Gasteiger partial charge >= 0.3 is 0 Å². The Kier molecular flexibility index (Phi) is 4.22. The van der Waals surface area contributed by atoms with Crippen molar-refractivity contribution in [2.75, 3.05) is 19.6 Å². The van der Waals surface area contributed by atoms with Crippen molar-refractivity contribution in [1.82, 2.24) is 4.90 Å². The van der Waals surface area contributed by atoms with Crippen molar-refractivity contribution in [2.24, 2.45) is 5.73 Å². The van der Waals surface area contributed by atoms with Gasteiger partial charge in [0.15, 0.2) is 0 Å². The fourth-order valence-electron chi connectivity index (χ4n) is 3.22. The van der Waals surface area contributed by atoms with Crippen LogP contribution in [0.1, 0.15) is 51.4 Å². The highest BCUT2D eigenvalue weighted by Gasteiger charge is 2.31. The third-order valence-corrected chi connectivity index (χ3v) is 4.42. The summed E-state index contributed by atoms with van der Waals surface area (Å²) in [4.78, 5) is 2.60. The summed E-state index contributed by atoms with van der Waals surface area (Å²) in [6, 6.07) is 0.786. The number of nitrogens with zero attached hydrogens (tertiary/aromatic N) is 1. The molecule has 2 rings (SSSR count). The lowest BCUT2D eigenvalue weighted by atomic mass is 9.93. The first-order chi connectivity index (χ1) is 7.73. The first-order valence-electron chi connectivity index (χ1n) is 6.90. The van der Waals surface area contributed by atoms with Gasteiger partial charge in [0.1, 0.15) is 0 Å². The van der Waals surface area contributed by atoms with Gasteiger partial charge in [-0.15, -0.1) is 0 Å². The molecule has 0 aromatic rings. The molecule has 2 aliphatic rings. The van der Waals surface area contributed by atoms with Gasteiger partial charge in [-0.25, -0.2) is 0 Å². The Balaban J connectivity index is 1.87. The summed E-state index contributed by atoms with van der Waals surface area (Å²) in [5, 5.41) is 10.2. The molecule has 0 amide bonds. The van der Waals surface area contributed by atoms with Gasteiger partial charge in [0.05, 0.1) is 5.60 Å². The molecule has 2 fully saturated rings. The molecule has 1 saturated carbocycles. The Bertz CT molecular complexity index is 216. The summed E-state index contributed by atoms with van der Waals surface area (Å²) in [7, 11) is 0. The molecule has 0 aromatic carbocycles. The van der Waals surface area contributed by atoms with Gasteiger partial charge in [-0.3, -0.25) is 0 Å². The summed E-state index contributed by atoms with van der Waals surface area (Å²) in [5.74, 6) is 0. The molecule has 1 saturated heterocycles. The monoisotopic (exact) mass is 226 g/mol. The zero-order valence-corrected chi connectivity index (χ0v) is 10.3. The molecule has 0 spiro atoms. The molecule has 1 heterocycles. The molecule has 94 valence electrons. The lowest BCUT2D eigenvalue weighted by Crippen LogP contribution is -2.41. The Morgan fingerprint density at radius 2 is 1.81 bits per heavy atom. The third-order valence-electron chi connectivity index (χ3n) is 4.42. The summed E-state index contributed by atoms with van der Waals surface area (Å²) in [6.45, 7) is 2.62. The molecule has 1 aliphatic carbocycles. The quantitative estimate of drug-likeness (QED) is 0.750. The maximum absolute atomic E-state index is 10.2. The maximum atomic E-state index is 10.2. The highest BCUT2D eigenvalue weighted by molar-refractivity contribution is 4.87. The van der Waals surface area contributed by atoms with Gasteiger partial charge < -0.3 is 15.7 Å². The number of hydrogen-bond donors (Lipinski definition) is 2. The molecule has 3 nitrogen and oxygen atoms in total. The Morgan fingerprint density at radius 1 is 1.06 bits per heavy atom. The second kappa shape index (κ2) is 5.48. The lowest BCUT2D eigenvalue weighted by Gasteiger charge is -2.33. The molecule has 3 heteroatoms. The van der Waals surface area contributed by atoms with Gasteiger partial charge in [0.2, 0.25) is 0 Å². The number of likely N-dealkylation sites (tertiary alicyclic amines) is 1. The molecule has 1 unspecified atom stereocenters. The van der Waals surface area contributed by atoms with E-state index >= 15 is 0 Å². The summed E-state index contributed by atoms with van der Waals surface area (Å²) in [6.07, 6.45) is 9.76. The fourth-order valence-corrected chi connectivity index (χ4v) is 3.22. The number of aliphatic hydroxyl groups is 1. The van der Waals surface area contributed by atoms with Gasteiger partial charge in [-0.05, 0) is 38.6 Å². The maximum Gasteiger partial charge on any atom is 0.0782 e. The van der Waals surface area contributed by atoms with Crippen LogP contribution in [0.5, 0.6) is 0 Å². The average molecular weight is 226 g/mol. The zero-order valence-electron chi connectivity index (χ0n) is 10.3. The van der Waals surface area contributed by atoms with Crippen molar-refractivity contribution in [3.05, 3.63) is 0 Å². The van der Waals surface area contributed by atoms with E-state index in [1.165, 1.54) is 32.1 Å². The molecule has 1 atom stereocenters. The van der Waals surface area contributed by atoms with E-state index in [1.807, 2.05) is 0 Å². The van der Waals surface area contributed by atoms with E-state index in [0.29, 0.717) is 6.54 Å². The van der Waals surface area contributed by atoms with Crippen LogP contribution < -0.4 is 5.73 Å². The lowest BCUT2D eigenvalue weighted by molar-refractivity contribution is 0.0319. The van der Waals surface area contributed by atoms with Crippen LogP contribution in [0.25, 0.3) is 0 Å². The van der Waals surface area contributed by atoms with Gasteiger partial charge in [0.25, 0.3) is 0 Å². The molecule has 0 radical (unpaired) electrons. The Hall–Kier alpha value is -0.120. The number of rotatable bonds is 2. The molecule has 0 bridgehead atoms. The first kappa shape index (κ1) is 12.3. The van der Waals surface area contributed by atoms with Crippen LogP contribution >= 0.6 is 0 Å². The molecule has 0 aromatic heterocycles. The topological polar surface area (TPSA) is 49.5 Å². The second-order valence-electron chi connectivity index (χ2n) is 5.61. The van der Waals surface area contributed by atoms with E-state index < -0.39 is 5.60 Å². The minimum absolute atomic E-state index is 0.422. The van der Waals surface area contributed by atoms with E-state index in [1.54, 1.807) is 0 Å². The van der Waals surface area contributed by atoms with Crippen molar-refractivity contribution >= 4 is 0 Å². The second-order valence-corrected chi connectivity index (χ2v) is 5.61. The zero-order chi connectivity index (χ0) is 11.4. The van der Waals surface area contributed by atoms with E-state index in [4.69, 9.17) is 5.73 Å². The molecular formula is C13H26N2O. The van der Waals surface area contributed by atoms with Crippen LogP contribution in [0, 0.1) is 0 Å². The smallest absolute Gasteiger partial charge is 0.0782 e. The van der Waals surface area contributed by atoms with E-state index in [0.717, 1.165) is 38.4 Å². The Labute approximate surface area is 99.0 Å². The van der Waals surface area contributed by atoms with E-state index in [-0.39, 0.29) is 0 Å². The fraction of sp³-hybridized carbons (Fsp3) is 1.00. The van der Waals surface area contributed by atoms with Crippen LogP contribution in [-0.4, -0.2) is 41.3 Å². The molecule has 3 N–H and O–H groups in total. The average Bonchev–Trinajstić information content (AvgIpc) is 2.53. The minimum Gasteiger partial charge on any atom is -0.389 e. The molecule has 16 heavy (non-hydrogen) atoms. The number of nitrogens with two attached hydrogens (primary N) is 1. The van der Waals surface area contributed by atoms with Crippen LogP contribution in [0.2, 0.25) is 0 Å². The van der Waals surface area contributed by atoms with Crippen molar-refractivity contribution < 1.29 is 5.11 Å². The first-order valence-corrected chi connectivity index (χ1v) is 6.90. The van der Waals surface area contributed by atoms with Crippen molar-refractivity contribution in [1.29, 1.82) is 0 Å².